The van der Waals surface area contributed by atoms with E-state index < -0.39 is 26.5 Å². The Morgan fingerprint density at radius 3 is 2.00 bits per heavy atom. The van der Waals surface area contributed by atoms with Gasteiger partial charge in [-0.2, -0.15) is 0 Å². The van der Waals surface area contributed by atoms with Gasteiger partial charge < -0.3 is 0 Å². The highest BCUT2D eigenvalue weighted by molar-refractivity contribution is 6.68. The second-order valence-corrected chi connectivity index (χ2v) is 4.97. The Hall–Kier alpha value is -2.06. The molecule has 0 aliphatic heterocycles. The van der Waals surface area contributed by atoms with Crippen molar-refractivity contribution in [1.29, 1.82) is 0 Å². The van der Waals surface area contributed by atoms with E-state index in [-0.39, 0.29) is 15.7 Å². The largest absolute Gasteiger partial charge is 0.406 e. The Labute approximate surface area is 113 Å². The summed E-state index contributed by atoms with van der Waals surface area (Å²) in [5.74, 6) is 0. The summed E-state index contributed by atoms with van der Waals surface area (Å²) < 4.78 is -0.147. The molecule has 102 valence electrons. The van der Waals surface area contributed by atoms with Crippen molar-refractivity contribution in [1.82, 2.24) is 4.48 Å². The van der Waals surface area contributed by atoms with Gasteiger partial charge in [-0.1, -0.05) is 0 Å². The molecule has 0 atom stereocenters. The third-order valence-corrected chi connectivity index (χ3v) is 2.60. The van der Waals surface area contributed by atoms with E-state index in [2.05, 4.69) is 0 Å². The van der Waals surface area contributed by atoms with E-state index >= 15 is 0 Å². The number of hydrogen-bond donors (Lipinski definition) is 0. The molecule has 0 heterocycles. The predicted octanol–water partition coefficient (Wildman–Crippen LogP) is 2.08. The molecule has 0 amide bonds. The summed E-state index contributed by atoms with van der Waals surface area (Å²) in [4.78, 5) is 31.6. The number of nitrogens with zero attached hydrogens (tertiary/aromatic N) is 3. The van der Waals surface area contributed by atoms with E-state index in [0.717, 1.165) is 12.1 Å². The average molecular weight is 289 g/mol. The van der Waals surface area contributed by atoms with Crippen molar-refractivity contribution >= 4 is 33.9 Å². The number of halogens is 1. The molecule has 0 aliphatic rings. The zero-order valence-electron chi connectivity index (χ0n) is 10.4. The Bertz CT molecular complexity index is 579. The molecule has 0 radical (unpaired) electrons. The van der Waals surface area contributed by atoms with Crippen LogP contribution in [-0.2, 0) is 0 Å². The van der Waals surface area contributed by atoms with Gasteiger partial charge in [-0.3, -0.25) is 29.5 Å². The van der Waals surface area contributed by atoms with E-state index in [4.69, 9.17) is 11.6 Å². The van der Waals surface area contributed by atoms with E-state index in [1.54, 1.807) is 21.1 Å². The number of carbonyl (C=O) groups excluding carboxylic acids is 1. The summed E-state index contributed by atoms with van der Waals surface area (Å²) in [6.07, 6.45) is 0. The van der Waals surface area contributed by atoms with Crippen LogP contribution in [0.2, 0.25) is 0 Å². The van der Waals surface area contributed by atoms with Gasteiger partial charge in [-0.05, 0) is 17.7 Å². The van der Waals surface area contributed by atoms with Crippen LogP contribution in [0.5, 0.6) is 0 Å². The van der Waals surface area contributed by atoms with Gasteiger partial charge in [0.15, 0.2) is 0 Å². The maximum atomic E-state index is 11.3. The predicted molar refractivity (Wildman–Crippen MR) is 69.5 cm³/mol. The third-order valence-electron chi connectivity index (χ3n) is 2.39. The van der Waals surface area contributed by atoms with E-state index in [1.165, 1.54) is 0 Å². The number of rotatable bonds is 4. The highest BCUT2D eigenvalue weighted by Crippen LogP contribution is 2.41. The van der Waals surface area contributed by atoms with Gasteiger partial charge in [0.1, 0.15) is 5.56 Å². The summed E-state index contributed by atoms with van der Waals surface area (Å²) in [5.41, 5.74) is -1.61. The molecule has 1 aromatic rings. The van der Waals surface area contributed by atoms with Crippen molar-refractivity contribution < 1.29 is 14.6 Å². The molecule has 1 rings (SSSR count). The fraction of sp³-hybridized carbons (Fsp3) is 0.300. The van der Waals surface area contributed by atoms with Crippen LogP contribution in [0.1, 0.15) is 10.4 Å². The first-order valence-electron chi connectivity index (χ1n) is 5.05. The number of nitro groups is 2. The molecule has 19 heavy (non-hydrogen) atoms. The van der Waals surface area contributed by atoms with Gasteiger partial charge in [0.2, 0.25) is 5.69 Å². The zero-order chi connectivity index (χ0) is 15.0. The van der Waals surface area contributed by atoms with Crippen LogP contribution in [-0.4, -0.2) is 36.2 Å². The van der Waals surface area contributed by atoms with Gasteiger partial charge in [0, 0.05) is 6.07 Å². The lowest BCUT2D eigenvalue weighted by molar-refractivity contribution is -0.422. The van der Waals surface area contributed by atoms with Crippen molar-refractivity contribution in [3.63, 3.8) is 0 Å². The Morgan fingerprint density at radius 2 is 1.68 bits per heavy atom. The maximum Gasteiger partial charge on any atom is 0.406 e. The number of nitro benzene ring substituents is 2. The van der Waals surface area contributed by atoms with Gasteiger partial charge in [-0.25, -0.2) is 0 Å². The van der Waals surface area contributed by atoms with Crippen LogP contribution in [0.25, 0.3) is 0 Å². The van der Waals surface area contributed by atoms with Gasteiger partial charge in [0.25, 0.3) is 5.24 Å². The number of quaternary nitrogens is 1. The normalized spacial score (nSPS) is 11.2. The maximum absolute atomic E-state index is 11.3. The van der Waals surface area contributed by atoms with Crippen LogP contribution in [0, 0.1) is 20.2 Å². The molecular weight excluding hydrogens is 278 g/mol. The van der Waals surface area contributed by atoms with Crippen molar-refractivity contribution in [2.24, 2.45) is 0 Å². The first-order valence-corrected chi connectivity index (χ1v) is 5.42. The van der Waals surface area contributed by atoms with Crippen molar-refractivity contribution in [2.45, 2.75) is 0 Å². The number of carbonyl (C=O) groups is 1. The zero-order valence-corrected chi connectivity index (χ0v) is 11.2. The minimum atomic E-state index is -0.902. The van der Waals surface area contributed by atoms with Crippen molar-refractivity contribution in [3.8, 4) is 0 Å². The van der Waals surface area contributed by atoms with Crippen molar-refractivity contribution in [3.05, 3.63) is 37.9 Å². The van der Waals surface area contributed by atoms with Crippen molar-refractivity contribution in [2.75, 3.05) is 21.1 Å². The number of hydrogen-bond acceptors (Lipinski definition) is 5. The summed E-state index contributed by atoms with van der Waals surface area (Å²) in [7, 11) is 4.65. The SMILES string of the molecule is C[N+](C)(C)c1c(C(=O)Cl)ccc([N+](=O)[O-])c1[N+](=O)[O-]. The van der Waals surface area contributed by atoms with Crippen LogP contribution in [0.3, 0.4) is 0 Å². The Kier molecular flexibility index (Phi) is 3.87. The lowest BCUT2D eigenvalue weighted by atomic mass is 10.1. The van der Waals surface area contributed by atoms with Crippen LogP contribution < -0.4 is 4.48 Å². The smallest absolute Gasteiger partial charge is 0.292 e. The second kappa shape index (κ2) is 4.90. The highest BCUT2D eigenvalue weighted by atomic mass is 35.5. The van der Waals surface area contributed by atoms with E-state index in [1.807, 2.05) is 0 Å². The molecule has 0 aromatic heterocycles. The second-order valence-electron chi connectivity index (χ2n) is 4.63. The molecule has 0 fully saturated rings. The molecule has 1 aromatic carbocycles. The van der Waals surface area contributed by atoms with Crippen LogP contribution in [0.15, 0.2) is 12.1 Å². The molecule has 8 nitrogen and oxygen atoms in total. The van der Waals surface area contributed by atoms with E-state index in [0.29, 0.717) is 0 Å². The van der Waals surface area contributed by atoms with Gasteiger partial charge in [0.05, 0.1) is 31.0 Å². The average Bonchev–Trinajstić information content (AvgIpc) is 2.25. The fourth-order valence-corrected chi connectivity index (χ4v) is 1.89. The Morgan fingerprint density at radius 1 is 1.16 bits per heavy atom. The van der Waals surface area contributed by atoms with Gasteiger partial charge in [-0.15, -0.1) is 0 Å². The molecule has 0 saturated carbocycles. The lowest BCUT2D eigenvalue weighted by Gasteiger charge is -2.24. The first kappa shape index (κ1) is 15.0. The molecular formula is C10H11ClN3O5+. The fourth-order valence-electron chi connectivity index (χ4n) is 1.73. The monoisotopic (exact) mass is 288 g/mol. The van der Waals surface area contributed by atoms with Crippen LogP contribution in [0.4, 0.5) is 17.1 Å². The molecule has 0 unspecified atom stereocenters. The Balaban J connectivity index is 3.88. The molecule has 9 heteroatoms. The summed E-state index contributed by atoms with van der Waals surface area (Å²) in [5, 5.41) is 21.1. The highest BCUT2D eigenvalue weighted by Gasteiger charge is 2.39. The lowest BCUT2D eigenvalue weighted by Crippen LogP contribution is -2.37. The van der Waals surface area contributed by atoms with Crippen LogP contribution >= 0.6 is 11.6 Å². The first-order chi connectivity index (χ1) is 8.57. The molecule has 0 bridgehead atoms. The summed E-state index contributed by atoms with van der Waals surface area (Å²) in [6, 6.07) is 2.03. The molecule has 0 aliphatic carbocycles. The van der Waals surface area contributed by atoms with Gasteiger partial charge >= 0.3 is 11.4 Å². The third kappa shape index (κ3) is 2.85. The minimum absolute atomic E-state index is 0.0980. The summed E-state index contributed by atoms with van der Waals surface area (Å²) in [6.45, 7) is 0. The molecule has 0 N–H and O–H groups in total. The molecule has 0 saturated heterocycles. The standard InChI is InChI=1S/C10H11ClN3O5/c1-14(2,3)9-6(10(11)15)4-5-7(12(16)17)8(9)13(18)19/h4-5H,1-3H3/q+1. The molecule has 0 spiro atoms. The topological polar surface area (TPSA) is 103 Å². The quantitative estimate of drug-likeness (QED) is 0.365. The summed E-state index contributed by atoms with van der Waals surface area (Å²) >= 11 is 5.38. The minimum Gasteiger partial charge on any atom is -0.292 e. The number of benzene rings is 1. The van der Waals surface area contributed by atoms with E-state index in [9.17, 15) is 25.0 Å².